The number of hydrogen-bond donors (Lipinski definition) is 4. The molecular weight excluding hydrogens is 799 g/mol. The SMILES string of the molecule is O=C(O)c1ccc(N2C(=O)C3CC=C4C(CC5C(=O)N(Nc6ncc(C(F)(F)F)cc6Cl)C(=O)C5(c5ccc(Cl)cc5)C4c4cccc(F)c4O)C3C2=O)cc1O. The summed E-state index contributed by atoms with van der Waals surface area (Å²) in [6, 6.07) is 13.2. The van der Waals surface area contributed by atoms with Gasteiger partial charge < -0.3 is 15.3 Å². The van der Waals surface area contributed by atoms with E-state index in [9.17, 15) is 47.7 Å². The summed E-state index contributed by atoms with van der Waals surface area (Å²) in [6.07, 6.45) is -3.09. The summed E-state index contributed by atoms with van der Waals surface area (Å²) < 4.78 is 55.7. The van der Waals surface area contributed by atoms with Crippen molar-refractivity contribution < 1.29 is 56.9 Å². The number of hydrogen-bond acceptors (Lipinski definition) is 9. The van der Waals surface area contributed by atoms with E-state index in [1.165, 1.54) is 42.5 Å². The van der Waals surface area contributed by atoms with Crippen molar-refractivity contribution in [2.24, 2.45) is 23.7 Å². The lowest BCUT2D eigenvalue weighted by atomic mass is 9.49. The van der Waals surface area contributed by atoms with Crippen LogP contribution in [0.3, 0.4) is 0 Å². The van der Waals surface area contributed by atoms with Gasteiger partial charge in [-0.3, -0.25) is 24.6 Å². The van der Waals surface area contributed by atoms with Crippen LogP contribution in [0.4, 0.5) is 29.1 Å². The Hall–Kier alpha value is -6.00. The minimum atomic E-state index is -4.82. The van der Waals surface area contributed by atoms with Crippen molar-refractivity contribution >= 4 is 64.3 Å². The molecule has 2 aliphatic carbocycles. The third-order valence-electron chi connectivity index (χ3n) is 11.4. The topological polar surface area (TPSA) is 177 Å². The zero-order valence-corrected chi connectivity index (χ0v) is 30.3. The van der Waals surface area contributed by atoms with E-state index in [4.69, 9.17) is 23.2 Å². The summed E-state index contributed by atoms with van der Waals surface area (Å²) >= 11 is 12.4. The molecule has 1 aromatic heterocycles. The van der Waals surface area contributed by atoms with Gasteiger partial charge in [-0.2, -0.15) is 18.2 Å². The number of fused-ring (bicyclic) bond motifs is 4. The lowest BCUT2D eigenvalue weighted by Gasteiger charge is -2.50. The molecule has 3 aromatic carbocycles. The third kappa shape index (κ3) is 5.63. The Labute approximate surface area is 328 Å². The number of nitrogens with one attached hydrogen (secondary N) is 1. The van der Waals surface area contributed by atoms with Crippen molar-refractivity contribution in [1.29, 1.82) is 0 Å². The normalized spacial score (nSPS) is 25.6. The number of allylic oxidation sites excluding steroid dienone is 2. The first-order valence-electron chi connectivity index (χ1n) is 17.2. The molecule has 2 saturated heterocycles. The molecule has 4 amide bonds. The molecule has 6 unspecified atom stereocenters. The van der Waals surface area contributed by atoms with Crippen LogP contribution < -0.4 is 10.3 Å². The summed E-state index contributed by atoms with van der Waals surface area (Å²) in [5.74, 6) is -13.9. The number of benzene rings is 3. The monoisotopic (exact) mass is 824 g/mol. The van der Waals surface area contributed by atoms with Gasteiger partial charge in [-0.15, -0.1) is 0 Å². The van der Waals surface area contributed by atoms with Crippen molar-refractivity contribution in [2.75, 3.05) is 10.3 Å². The predicted octanol–water partition coefficient (Wildman–Crippen LogP) is 6.85. The fraction of sp³-hybridized carbons (Fsp3) is 0.231. The number of carbonyl (C=O) groups is 5. The van der Waals surface area contributed by atoms with E-state index < -0.39 is 110 Å². The third-order valence-corrected chi connectivity index (χ3v) is 11.9. The lowest BCUT2D eigenvalue weighted by Crippen LogP contribution is -2.53. The van der Waals surface area contributed by atoms with Crippen molar-refractivity contribution in [3.05, 3.63) is 123 Å². The average molecular weight is 826 g/mol. The molecule has 292 valence electrons. The minimum absolute atomic E-state index is 0.0834. The number of para-hydroxylation sites is 1. The summed E-state index contributed by atoms with van der Waals surface area (Å²) in [6.45, 7) is 0. The molecule has 12 nitrogen and oxygen atoms in total. The maximum atomic E-state index is 15.3. The molecule has 0 radical (unpaired) electrons. The molecule has 18 heteroatoms. The molecule has 1 saturated carbocycles. The quantitative estimate of drug-likeness (QED) is 0.0914. The van der Waals surface area contributed by atoms with Crippen LogP contribution in [0.25, 0.3) is 0 Å². The number of phenols is 2. The predicted molar refractivity (Wildman–Crippen MR) is 192 cm³/mol. The maximum Gasteiger partial charge on any atom is 0.417 e. The molecule has 2 aliphatic heterocycles. The number of carbonyl (C=O) groups excluding carboxylic acids is 4. The van der Waals surface area contributed by atoms with Crippen LogP contribution in [0.5, 0.6) is 11.5 Å². The maximum absolute atomic E-state index is 15.3. The van der Waals surface area contributed by atoms with Gasteiger partial charge in [-0.1, -0.05) is 59.1 Å². The fourth-order valence-corrected chi connectivity index (χ4v) is 9.32. The van der Waals surface area contributed by atoms with Crippen LogP contribution in [-0.4, -0.2) is 54.9 Å². The largest absolute Gasteiger partial charge is 0.507 e. The Morgan fingerprint density at radius 3 is 2.30 bits per heavy atom. The smallest absolute Gasteiger partial charge is 0.417 e. The van der Waals surface area contributed by atoms with Crippen molar-refractivity contribution in [3.8, 4) is 11.5 Å². The fourth-order valence-electron chi connectivity index (χ4n) is 8.99. The van der Waals surface area contributed by atoms with Gasteiger partial charge in [0.1, 0.15) is 11.3 Å². The molecule has 57 heavy (non-hydrogen) atoms. The molecular formula is C39H26Cl2F4N4O8. The number of aromatic nitrogens is 1. The van der Waals surface area contributed by atoms with E-state index in [1.54, 1.807) is 6.08 Å². The molecule has 8 rings (SSSR count). The second-order valence-electron chi connectivity index (χ2n) is 14.1. The van der Waals surface area contributed by atoms with E-state index in [2.05, 4.69) is 10.4 Å². The van der Waals surface area contributed by atoms with E-state index in [0.29, 0.717) is 22.8 Å². The Balaban J connectivity index is 1.30. The lowest BCUT2D eigenvalue weighted by molar-refractivity contribution is -0.139. The van der Waals surface area contributed by atoms with Gasteiger partial charge in [0.05, 0.1) is 39.4 Å². The number of pyridine rings is 1. The van der Waals surface area contributed by atoms with E-state index in [0.717, 1.165) is 23.1 Å². The second kappa shape index (κ2) is 13.3. The van der Waals surface area contributed by atoms with Crippen LogP contribution in [0.1, 0.15) is 45.8 Å². The zero-order valence-electron chi connectivity index (χ0n) is 28.8. The van der Waals surface area contributed by atoms with Crippen molar-refractivity contribution in [1.82, 2.24) is 9.99 Å². The Morgan fingerprint density at radius 2 is 1.65 bits per heavy atom. The van der Waals surface area contributed by atoms with Gasteiger partial charge in [-0.05, 0) is 60.7 Å². The van der Waals surface area contributed by atoms with Gasteiger partial charge in [0.2, 0.25) is 11.8 Å². The average Bonchev–Trinajstić information content (AvgIpc) is 3.54. The van der Waals surface area contributed by atoms with Crippen molar-refractivity contribution in [2.45, 2.75) is 30.4 Å². The van der Waals surface area contributed by atoms with Crippen LogP contribution >= 0.6 is 23.2 Å². The van der Waals surface area contributed by atoms with Crippen molar-refractivity contribution in [3.63, 3.8) is 0 Å². The number of aromatic hydroxyl groups is 2. The summed E-state index contributed by atoms with van der Waals surface area (Å²) in [5.41, 5.74) is -0.963. The van der Waals surface area contributed by atoms with Crippen LogP contribution in [0.15, 0.2) is 84.6 Å². The molecule has 4 aromatic rings. The number of halogens is 6. The number of carboxylic acid groups (broad SMARTS) is 1. The highest BCUT2D eigenvalue weighted by atomic mass is 35.5. The Bertz CT molecular complexity index is 2480. The number of alkyl halides is 3. The number of anilines is 2. The summed E-state index contributed by atoms with van der Waals surface area (Å²) in [5, 5.41) is 31.4. The standard InChI is InChI=1S/C39H26Cl2F4N4O8/c40-18-6-4-16(5-7-18)38-25(34(53)49(37(38)57)47-32-26(41)12-17(15-46-32)39(43,44)45)14-24-20(30(38)23-2-1-3-27(42)31(23)51)10-11-22-29(24)35(54)48(33(22)52)19-8-9-21(36(55)56)28(50)13-19/h1-10,12-13,15,22,24-25,29-30,50-51H,11,14H2,(H,46,47)(H,55,56). The van der Waals surface area contributed by atoms with Gasteiger partial charge in [0, 0.05) is 28.8 Å². The van der Waals surface area contributed by atoms with E-state index in [-0.39, 0.29) is 34.7 Å². The molecule has 4 N–H and O–H groups in total. The van der Waals surface area contributed by atoms with Crippen LogP contribution in [-0.2, 0) is 30.8 Å². The van der Waals surface area contributed by atoms with Gasteiger partial charge in [0.15, 0.2) is 17.4 Å². The number of hydrazine groups is 1. The molecule has 3 fully saturated rings. The molecule has 0 bridgehead atoms. The molecule has 6 atom stereocenters. The highest BCUT2D eigenvalue weighted by molar-refractivity contribution is 6.33. The number of carboxylic acids is 1. The van der Waals surface area contributed by atoms with E-state index >= 15 is 9.18 Å². The van der Waals surface area contributed by atoms with Crippen LogP contribution in [0.2, 0.25) is 10.0 Å². The second-order valence-corrected chi connectivity index (χ2v) is 15.0. The molecule has 4 aliphatic rings. The Morgan fingerprint density at radius 1 is 0.930 bits per heavy atom. The first-order chi connectivity index (χ1) is 27.0. The number of amides is 4. The first-order valence-corrected chi connectivity index (χ1v) is 18.0. The first kappa shape index (κ1) is 37.9. The van der Waals surface area contributed by atoms with Gasteiger partial charge in [0.25, 0.3) is 11.8 Å². The highest BCUT2D eigenvalue weighted by Crippen LogP contribution is 2.65. The number of imide groups is 2. The Kier molecular flexibility index (Phi) is 8.84. The molecule has 0 spiro atoms. The molecule has 3 heterocycles. The summed E-state index contributed by atoms with van der Waals surface area (Å²) in [7, 11) is 0. The highest BCUT2D eigenvalue weighted by Gasteiger charge is 2.71. The van der Waals surface area contributed by atoms with Gasteiger partial charge in [-0.25, -0.2) is 19.1 Å². The zero-order chi connectivity index (χ0) is 40.9. The number of phenolic OH excluding ortho intramolecular Hbond substituents is 1. The van der Waals surface area contributed by atoms with Crippen LogP contribution in [0, 0.1) is 29.5 Å². The number of aromatic carboxylic acids is 1. The van der Waals surface area contributed by atoms with E-state index in [1.807, 2.05) is 0 Å². The van der Waals surface area contributed by atoms with Gasteiger partial charge >= 0.3 is 12.1 Å². The minimum Gasteiger partial charge on any atom is -0.507 e. The number of rotatable bonds is 6. The number of nitrogens with zero attached hydrogens (tertiary/aromatic N) is 3. The summed E-state index contributed by atoms with van der Waals surface area (Å²) in [4.78, 5) is 74.5.